The number of hydrogen-bond acceptors (Lipinski definition) is 9. The van der Waals surface area contributed by atoms with E-state index in [-0.39, 0.29) is 24.4 Å². The van der Waals surface area contributed by atoms with Gasteiger partial charge in [0, 0.05) is 19.0 Å². The number of hydrogen-bond donors (Lipinski definition) is 3. The minimum absolute atomic E-state index is 0.0322. The van der Waals surface area contributed by atoms with Crippen LogP contribution in [0.15, 0.2) is 47.3 Å². The lowest BCUT2D eigenvalue weighted by Crippen LogP contribution is -2.46. The highest BCUT2D eigenvalue weighted by Gasteiger charge is 2.46. The Morgan fingerprint density at radius 1 is 1.03 bits per heavy atom. The van der Waals surface area contributed by atoms with Crippen molar-refractivity contribution >= 4 is 29.1 Å². The Morgan fingerprint density at radius 2 is 1.70 bits per heavy atom. The molecule has 1 aliphatic rings. The molecule has 0 amide bonds. The van der Waals surface area contributed by atoms with E-state index < -0.39 is 71.0 Å². The lowest BCUT2D eigenvalue weighted by Gasteiger charge is -2.29. The van der Waals surface area contributed by atoms with E-state index in [1.807, 2.05) is 0 Å². The average Bonchev–Trinajstić information content (AvgIpc) is 2.89. The molecule has 1 aromatic carbocycles. The summed E-state index contributed by atoms with van der Waals surface area (Å²) in [6.45, 7) is 4.34. The van der Waals surface area contributed by atoms with Crippen LogP contribution in [0.5, 0.6) is 5.75 Å². The Kier molecular flexibility index (Phi) is 8.88. The fourth-order valence-electron chi connectivity index (χ4n) is 4.19. The van der Waals surface area contributed by atoms with Crippen molar-refractivity contribution in [3.8, 4) is 5.75 Å². The standard InChI is InChI=1S/C27H30N2O8/c1-14(2)27(36)37-26-15(3)23(33)25(35)18(28-13-19-20(30)9-10-22(32)29-19)12-21(31)24(34)17(26)11-16-7-5-4-6-8-16/h4-10,14-15,17-18,26,28,30H,11-13H2,1-3H3,(H,29,32)/t15-,17+,18+,26-/m1/s1. The molecular weight excluding hydrogens is 480 g/mol. The smallest absolute Gasteiger partial charge is 0.308 e. The lowest BCUT2D eigenvalue weighted by atomic mass is 9.81. The number of aromatic hydroxyl groups is 1. The first-order chi connectivity index (χ1) is 17.5. The molecule has 3 rings (SSSR count). The first-order valence-corrected chi connectivity index (χ1v) is 12.0. The summed E-state index contributed by atoms with van der Waals surface area (Å²) in [7, 11) is 0. The van der Waals surface area contributed by atoms with Crippen molar-refractivity contribution in [1.29, 1.82) is 0 Å². The van der Waals surface area contributed by atoms with Gasteiger partial charge in [0.1, 0.15) is 11.9 Å². The molecule has 1 aromatic heterocycles. The minimum Gasteiger partial charge on any atom is -0.506 e. The number of ketones is 4. The van der Waals surface area contributed by atoms with Gasteiger partial charge in [0.05, 0.1) is 29.5 Å². The van der Waals surface area contributed by atoms with Crippen molar-refractivity contribution in [2.45, 2.75) is 52.3 Å². The zero-order valence-corrected chi connectivity index (χ0v) is 20.9. The molecule has 0 bridgehead atoms. The predicted molar refractivity (Wildman–Crippen MR) is 132 cm³/mol. The summed E-state index contributed by atoms with van der Waals surface area (Å²) in [5, 5.41) is 12.7. The second kappa shape index (κ2) is 11.9. The van der Waals surface area contributed by atoms with Crippen LogP contribution in [0.4, 0.5) is 0 Å². The van der Waals surface area contributed by atoms with E-state index in [9.17, 15) is 33.9 Å². The molecule has 3 N–H and O–H groups in total. The van der Waals surface area contributed by atoms with Crippen LogP contribution < -0.4 is 10.9 Å². The molecule has 0 radical (unpaired) electrons. The summed E-state index contributed by atoms with van der Waals surface area (Å²) in [5.74, 6) is -7.45. The van der Waals surface area contributed by atoms with Gasteiger partial charge >= 0.3 is 5.97 Å². The van der Waals surface area contributed by atoms with E-state index in [0.29, 0.717) is 5.56 Å². The summed E-state index contributed by atoms with van der Waals surface area (Å²) in [4.78, 5) is 79.4. The molecule has 1 saturated carbocycles. The molecule has 37 heavy (non-hydrogen) atoms. The number of pyridine rings is 1. The molecule has 0 aliphatic heterocycles. The van der Waals surface area contributed by atoms with Gasteiger partial charge in [-0.15, -0.1) is 0 Å². The summed E-state index contributed by atoms with van der Waals surface area (Å²) >= 11 is 0. The van der Waals surface area contributed by atoms with E-state index in [0.717, 1.165) is 6.07 Å². The minimum atomic E-state index is -1.38. The number of ether oxygens (including phenoxy) is 1. The molecule has 10 heteroatoms. The number of H-pyrrole nitrogens is 1. The Labute approximate surface area is 213 Å². The summed E-state index contributed by atoms with van der Waals surface area (Å²) in [5.41, 5.74) is 0.248. The van der Waals surface area contributed by atoms with Gasteiger partial charge in [-0.1, -0.05) is 51.1 Å². The van der Waals surface area contributed by atoms with Crippen LogP contribution >= 0.6 is 0 Å². The first kappa shape index (κ1) is 27.7. The van der Waals surface area contributed by atoms with Crippen LogP contribution in [0.2, 0.25) is 0 Å². The number of carbonyl (C=O) groups excluding carboxylic acids is 5. The molecule has 1 fully saturated rings. The number of benzene rings is 1. The zero-order valence-electron chi connectivity index (χ0n) is 20.9. The molecule has 10 nitrogen and oxygen atoms in total. The fourth-order valence-corrected chi connectivity index (χ4v) is 4.19. The van der Waals surface area contributed by atoms with E-state index >= 15 is 0 Å². The number of nitrogens with one attached hydrogen (secondary N) is 2. The van der Waals surface area contributed by atoms with E-state index in [4.69, 9.17) is 4.74 Å². The van der Waals surface area contributed by atoms with Crippen molar-refractivity contribution < 1.29 is 33.8 Å². The third kappa shape index (κ3) is 6.65. The largest absolute Gasteiger partial charge is 0.506 e. The van der Waals surface area contributed by atoms with Gasteiger partial charge in [0.15, 0.2) is 0 Å². The van der Waals surface area contributed by atoms with E-state index in [1.54, 1.807) is 44.2 Å². The molecule has 0 spiro atoms. The summed E-state index contributed by atoms with van der Waals surface area (Å²) < 4.78 is 5.59. The second-order valence-electron chi connectivity index (χ2n) is 9.48. The highest BCUT2D eigenvalue weighted by Crippen LogP contribution is 2.28. The number of aromatic nitrogens is 1. The quantitative estimate of drug-likeness (QED) is 0.368. The molecule has 4 atom stereocenters. The maximum absolute atomic E-state index is 13.4. The van der Waals surface area contributed by atoms with Gasteiger partial charge in [-0.2, -0.15) is 0 Å². The maximum Gasteiger partial charge on any atom is 0.308 e. The Balaban J connectivity index is 1.97. The van der Waals surface area contributed by atoms with Gasteiger partial charge in [-0.3, -0.25) is 28.8 Å². The molecule has 2 aromatic rings. The Morgan fingerprint density at radius 3 is 2.35 bits per heavy atom. The lowest BCUT2D eigenvalue weighted by molar-refractivity contribution is -0.163. The second-order valence-corrected chi connectivity index (χ2v) is 9.48. The predicted octanol–water partition coefficient (Wildman–Crippen LogP) is 1.28. The molecule has 196 valence electrons. The molecular formula is C27H30N2O8. The SMILES string of the molecule is CC(C)C(=O)O[C@@H]1[C@H](C)C(=O)C(=O)[C@@H](NCc2[nH]c(=O)ccc2O)CC(=O)C(=O)[C@@H]1Cc1ccccc1. The van der Waals surface area contributed by atoms with Crippen molar-refractivity contribution in [2.75, 3.05) is 0 Å². The van der Waals surface area contributed by atoms with Crippen LogP contribution in [-0.2, 0) is 41.7 Å². The van der Waals surface area contributed by atoms with Crippen LogP contribution in [-0.4, -0.2) is 51.3 Å². The number of rotatable bonds is 7. The van der Waals surface area contributed by atoms with Crippen molar-refractivity contribution in [2.24, 2.45) is 17.8 Å². The summed E-state index contributed by atoms with van der Waals surface area (Å²) in [6, 6.07) is 9.70. The summed E-state index contributed by atoms with van der Waals surface area (Å²) in [6.07, 6.45) is -1.90. The van der Waals surface area contributed by atoms with Gasteiger partial charge in [0.25, 0.3) is 0 Å². The third-order valence-corrected chi connectivity index (χ3v) is 6.39. The monoisotopic (exact) mass is 510 g/mol. The van der Waals surface area contributed by atoms with Gasteiger partial charge in [0.2, 0.25) is 28.7 Å². The van der Waals surface area contributed by atoms with Gasteiger partial charge < -0.3 is 20.1 Å². The number of esters is 1. The Hall–Kier alpha value is -3.92. The highest BCUT2D eigenvalue weighted by molar-refractivity contribution is 6.44. The van der Waals surface area contributed by atoms with Crippen molar-refractivity contribution in [1.82, 2.24) is 10.3 Å². The zero-order chi connectivity index (χ0) is 27.3. The number of carbonyl (C=O) groups is 5. The Bertz CT molecular complexity index is 1250. The first-order valence-electron chi connectivity index (χ1n) is 12.0. The topological polar surface area (TPSA) is 160 Å². The van der Waals surface area contributed by atoms with E-state index in [2.05, 4.69) is 10.3 Å². The molecule has 1 aliphatic carbocycles. The van der Waals surface area contributed by atoms with Gasteiger partial charge in [-0.05, 0) is 18.1 Å². The van der Waals surface area contributed by atoms with Crippen molar-refractivity contribution in [3.63, 3.8) is 0 Å². The number of Topliss-reactive ketones (excluding diaryl/α,β-unsaturated/α-hetero) is 4. The van der Waals surface area contributed by atoms with Crippen LogP contribution in [0.3, 0.4) is 0 Å². The normalized spacial score (nSPS) is 22.9. The molecule has 1 heterocycles. The highest BCUT2D eigenvalue weighted by atomic mass is 16.5. The van der Waals surface area contributed by atoms with E-state index in [1.165, 1.54) is 13.0 Å². The van der Waals surface area contributed by atoms with Crippen LogP contribution in [0, 0.1) is 17.8 Å². The van der Waals surface area contributed by atoms with Gasteiger partial charge in [-0.25, -0.2) is 0 Å². The van der Waals surface area contributed by atoms with Crippen molar-refractivity contribution in [3.05, 3.63) is 64.1 Å². The molecule has 0 saturated heterocycles. The third-order valence-electron chi connectivity index (χ3n) is 6.39. The fraction of sp³-hybridized carbons (Fsp3) is 0.407. The van der Waals surface area contributed by atoms with Crippen LogP contribution in [0.1, 0.15) is 38.4 Å². The average molecular weight is 511 g/mol. The number of aromatic amines is 1. The maximum atomic E-state index is 13.4. The van der Waals surface area contributed by atoms with Crippen LogP contribution in [0.25, 0.3) is 0 Å². The molecule has 0 unspecified atom stereocenters.